The molecule has 0 fully saturated rings. The number of carbonyl (C=O) groups excluding carboxylic acids is 2. The molecular formula is C33H34N2O2S2. The maximum atomic E-state index is 13.1. The molecule has 0 unspecified atom stereocenters. The summed E-state index contributed by atoms with van der Waals surface area (Å²) >= 11 is 3.11. The summed E-state index contributed by atoms with van der Waals surface area (Å²) in [6.07, 6.45) is 3.04. The van der Waals surface area contributed by atoms with E-state index in [0.29, 0.717) is 0 Å². The van der Waals surface area contributed by atoms with Gasteiger partial charge < -0.3 is 10.6 Å². The molecule has 0 saturated heterocycles. The summed E-state index contributed by atoms with van der Waals surface area (Å²) in [5.74, 6) is -0.0758. The van der Waals surface area contributed by atoms with Gasteiger partial charge in [-0.15, -0.1) is 22.7 Å². The first-order valence-electron chi connectivity index (χ1n) is 13.5. The zero-order chi connectivity index (χ0) is 27.5. The molecule has 4 nitrogen and oxygen atoms in total. The Kier molecular flexibility index (Phi) is 8.15. The summed E-state index contributed by atoms with van der Waals surface area (Å²) in [5.41, 5.74) is 7.13. The van der Waals surface area contributed by atoms with Crippen LogP contribution in [0, 0.1) is 13.8 Å². The summed E-state index contributed by atoms with van der Waals surface area (Å²) in [5, 5.41) is 6.30. The lowest BCUT2D eigenvalue weighted by Crippen LogP contribution is -2.25. The number of carbonyl (C=O) groups is 2. The predicted molar refractivity (Wildman–Crippen MR) is 163 cm³/mol. The molecule has 0 radical (unpaired) electrons. The zero-order valence-corrected chi connectivity index (χ0v) is 24.5. The average molecular weight is 555 g/mol. The van der Waals surface area contributed by atoms with Gasteiger partial charge in [0.2, 0.25) is 0 Å². The predicted octanol–water partition coefficient (Wildman–Crippen LogP) is 8.50. The monoisotopic (exact) mass is 554 g/mol. The van der Waals surface area contributed by atoms with Crippen LogP contribution in [0.25, 0.3) is 11.1 Å². The quantitative estimate of drug-likeness (QED) is 0.229. The van der Waals surface area contributed by atoms with Gasteiger partial charge in [0.05, 0.1) is 21.8 Å². The minimum absolute atomic E-state index is 0.0379. The van der Waals surface area contributed by atoms with Crippen LogP contribution < -0.4 is 10.6 Å². The van der Waals surface area contributed by atoms with Crippen LogP contribution in [0.3, 0.4) is 0 Å². The van der Waals surface area contributed by atoms with Crippen molar-refractivity contribution < 1.29 is 9.59 Å². The zero-order valence-electron chi connectivity index (χ0n) is 22.8. The fourth-order valence-electron chi connectivity index (χ4n) is 5.31. The van der Waals surface area contributed by atoms with Gasteiger partial charge in [0.25, 0.3) is 11.8 Å². The van der Waals surface area contributed by atoms with Gasteiger partial charge in [-0.3, -0.25) is 9.59 Å². The van der Waals surface area contributed by atoms with Crippen LogP contribution in [-0.4, -0.2) is 11.8 Å². The SMILES string of the molecule is Cc1sc(C(=O)N[C@@H](C)c2ccccc2)cc1C1=C(c2cc(C(=O)N[C@@H](C)c3ccccc3)sc2C)CCC1. The lowest BCUT2D eigenvalue weighted by Gasteiger charge is -2.13. The second-order valence-electron chi connectivity index (χ2n) is 10.2. The number of hydrogen-bond acceptors (Lipinski definition) is 4. The van der Waals surface area contributed by atoms with E-state index >= 15 is 0 Å². The number of amides is 2. The fourth-order valence-corrected chi connectivity index (χ4v) is 7.21. The van der Waals surface area contributed by atoms with E-state index in [4.69, 9.17) is 0 Å². The van der Waals surface area contributed by atoms with Gasteiger partial charge in [-0.05, 0) is 92.5 Å². The molecule has 1 aliphatic rings. The van der Waals surface area contributed by atoms with Crippen molar-refractivity contribution >= 4 is 45.6 Å². The molecule has 2 N–H and O–H groups in total. The minimum Gasteiger partial charge on any atom is -0.345 e. The first kappa shape index (κ1) is 27.1. The Morgan fingerprint density at radius 3 is 1.44 bits per heavy atom. The number of nitrogens with one attached hydrogen (secondary N) is 2. The molecule has 4 aromatic rings. The normalized spacial score (nSPS) is 14.8. The van der Waals surface area contributed by atoms with E-state index in [1.165, 1.54) is 22.3 Å². The van der Waals surface area contributed by atoms with Crippen LogP contribution in [0.5, 0.6) is 0 Å². The summed E-state index contributed by atoms with van der Waals surface area (Å²) in [6, 6.07) is 24.1. The van der Waals surface area contributed by atoms with Crippen molar-refractivity contribution in [2.75, 3.05) is 0 Å². The van der Waals surface area contributed by atoms with Crippen molar-refractivity contribution in [1.29, 1.82) is 0 Å². The largest absolute Gasteiger partial charge is 0.345 e. The Bertz CT molecular complexity index is 1400. The molecule has 2 amide bonds. The first-order chi connectivity index (χ1) is 18.8. The van der Waals surface area contributed by atoms with Gasteiger partial charge in [-0.2, -0.15) is 0 Å². The molecule has 1 aliphatic carbocycles. The van der Waals surface area contributed by atoms with Gasteiger partial charge >= 0.3 is 0 Å². The summed E-state index contributed by atoms with van der Waals surface area (Å²) in [4.78, 5) is 30.0. The molecule has 2 aromatic heterocycles. The minimum atomic E-state index is -0.0616. The highest BCUT2D eigenvalue weighted by atomic mass is 32.1. The molecule has 0 aliphatic heterocycles. The molecule has 0 spiro atoms. The molecule has 5 rings (SSSR count). The standard InChI is InChI=1S/C33H34N2O2S2/c1-20(24-12-7-5-8-13-24)34-32(36)30-18-28(22(3)38-30)26-16-11-17-27(26)29-19-31(39-23(29)4)33(37)35-21(2)25-14-9-6-10-15-25/h5-10,12-15,18-21H,11,16-17H2,1-4H3,(H,34,36)(H,35,37)/t20-,21-/m0/s1. The molecule has 39 heavy (non-hydrogen) atoms. The van der Waals surface area contributed by atoms with E-state index in [1.807, 2.05) is 74.5 Å². The van der Waals surface area contributed by atoms with Crippen LogP contribution in [-0.2, 0) is 0 Å². The number of allylic oxidation sites excluding steroid dienone is 2. The van der Waals surface area contributed by atoms with E-state index in [2.05, 4.69) is 36.6 Å². The molecule has 0 saturated carbocycles. The highest BCUT2D eigenvalue weighted by Gasteiger charge is 2.25. The van der Waals surface area contributed by atoms with Gasteiger partial charge in [0, 0.05) is 9.75 Å². The van der Waals surface area contributed by atoms with Crippen molar-refractivity contribution in [3.05, 3.63) is 115 Å². The van der Waals surface area contributed by atoms with Crippen LogP contribution >= 0.6 is 22.7 Å². The number of rotatable bonds is 8. The molecule has 2 atom stereocenters. The van der Waals surface area contributed by atoms with Crippen molar-refractivity contribution in [2.24, 2.45) is 0 Å². The molecule has 0 bridgehead atoms. The second kappa shape index (κ2) is 11.7. The van der Waals surface area contributed by atoms with E-state index in [1.54, 1.807) is 22.7 Å². The van der Waals surface area contributed by atoms with Gasteiger partial charge in [-0.1, -0.05) is 60.7 Å². The first-order valence-corrected chi connectivity index (χ1v) is 15.1. The summed E-state index contributed by atoms with van der Waals surface area (Å²) in [7, 11) is 0. The Labute approximate surface area is 238 Å². The molecule has 200 valence electrons. The maximum absolute atomic E-state index is 13.1. The number of aryl methyl sites for hydroxylation is 2. The van der Waals surface area contributed by atoms with Crippen LogP contribution in [0.4, 0.5) is 0 Å². The molecule has 2 aromatic carbocycles. The Hall–Kier alpha value is -3.48. The smallest absolute Gasteiger partial charge is 0.261 e. The third kappa shape index (κ3) is 5.92. The third-order valence-electron chi connectivity index (χ3n) is 7.45. The Morgan fingerprint density at radius 1 is 0.667 bits per heavy atom. The second-order valence-corrected chi connectivity index (χ2v) is 12.7. The maximum Gasteiger partial charge on any atom is 0.261 e. The summed E-state index contributed by atoms with van der Waals surface area (Å²) < 4.78 is 0. The highest BCUT2D eigenvalue weighted by Crippen LogP contribution is 2.45. The lowest BCUT2D eigenvalue weighted by atomic mass is 9.97. The van der Waals surface area contributed by atoms with E-state index in [-0.39, 0.29) is 23.9 Å². The van der Waals surface area contributed by atoms with E-state index in [0.717, 1.165) is 49.9 Å². The Balaban J connectivity index is 1.36. The van der Waals surface area contributed by atoms with Crippen molar-refractivity contribution in [3.63, 3.8) is 0 Å². The fraction of sp³-hybridized carbons (Fsp3) is 0.273. The van der Waals surface area contributed by atoms with Crippen molar-refractivity contribution in [1.82, 2.24) is 10.6 Å². The van der Waals surface area contributed by atoms with E-state index in [9.17, 15) is 9.59 Å². The third-order valence-corrected chi connectivity index (χ3v) is 9.54. The van der Waals surface area contributed by atoms with Crippen LogP contribution in [0.1, 0.15) is 96.5 Å². The topological polar surface area (TPSA) is 58.2 Å². The van der Waals surface area contributed by atoms with E-state index < -0.39 is 0 Å². The molecule has 2 heterocycles. The number of benzene rings is 2. The summed E-state index contributed by atoms with van der Waals surface area (Å²) in [6.45, 7) is 8.23. The number of thiophene rings is 2. The van der Waals surface area contributed by atoms with Gasteiger partial charge in [-0.25, -0.2) is 0 Å². The average Bonchev–Trinajstić information content (AvgIpc) is 3.67. The Morgan fingerprint density at radius 2 is 1.05 bits per heavy atom. The van der Waals surface area contributed by atoms with Crippen molar-refractivity contribution in [2.45, 2.75) is 59.0 Å². The van der Waals surface area contributed by atoms with Crippen molar-refractivity contribution in [3.8, 4) is 0 Å². The highest BCUT2D eigenvalue weighted by molar-refractivity contribution is 7.14. The van der Waals surface area contributed by atoms with Gasteiger partial charge in [0.15, 0.2) is 0 Å². The van der Waals surface area contributed by atoms with Crippen LogP contribution in [0.15, 0.2) is 72.8 Å². The number of hydrogen-bond donors (Lipinski definition) is 2. The van der Waals surface area contributed by atoms with Gasteiger partial charge in [0.1, 0.15) is 0 Å². The molecule has 6 heteroatoms. The molecular weight excluding hydrogens is 521 g/mol. The lowest BCUT2D eigenvalue weighted by molar-refractivity contribution is 0.0935. The van der Waals surface area contributed by atoms with Crippen LogP contribution in [0.2, 0.25) is 0 Å².